The van der Waals surface area contributed by atoms with Crippen molar-refractivity contribution in [2.75, 3.05) is 6.54 Å². The molecule has 0 aliphatic heterocycles. The Labute approximate surface area is 92.4 Å². The van der Waals surface area contributed by atoms with E-state index in [4.69, 9.17) is 10.5 Å². The zero-order valence-corrected chi connectivity index (χ0v) is 9.71. The minimum Gasteiger partial charge on any atom is -0.462 e. The first kappa shape index (κ1) is 12.5. The minimum absolute atomic E-state index is 0.0389. The molecular weight excluding hydrogens is 190 g/mol. The van der Waals surface area contributed by atoms with Crippen LogP contribution in [0.25, 0.3) is 0 Å². The Morgan fingerprint density at radius 1 is 1.27 bits per heavy atom. The molecule has 1 saturated carbocycles. The van der Waals surface area contributed by atoms with Crippen molar-refractivity contribution in [1.29, 1.82) is 0 Å². The Morgan fingerprint density at radius 2 is 1.93 bits per heavy atom. The summed E-state index contributed by atoms with van der Waals surface area (Å²) in [4.78, 5) is 11.4. The van der Waals surface area contributed by atoms with Crippen LogP contribution in [-0.4, -0.2) is 18.6 Å². The van der Waals surface area contributed by atoms with Crippen molar-refractivity contribution in [3.63, 3.8) is 0 Å². The molecule has 0 unspecified atom stereocenters. The molecule has 88 valence electrons. The molecule has 0 heterocycles. The molecule has 0 bridgehead atoms. The van der Waals surface area contributed by atoms with Crippen LogP contribution in [-0.2, 0) is 9.53 Å². The molecule has 0 aromatic carbocycles. The lowest BCUT2D eigenvalue weighted by Crippen LogP contribution is -2.23. The SMILES string of the molecule is CC1CCC(OC(=O)CCCCN)CC1. The van der Waals surface area contributed by atoms with Crippen molar-refractivity contribution >= 4 is 5.97 Å². The topological polar surface area (TPSA) is 52.3 Å². The lowest BCUT2D eigenvalue weighted by molar-refractivity contribution is -0.151. The number of hydrogen-bond acceptors (Lipinski definition) is 3. The summed E-state index contributed by atoms with van der Waals surface area (Å²) < 4.78 is 5.41. The van der Waals surface area contributed by atoms with Crippen LogP contribution in [0.4, 0.5) is 0 Å². The molecule has 0 amide bonds. The second-order valence-corrected chi connectivity index (χ2v) is 4.62. The number of unbranched alkanes of at least 4 members (excludes halogenated alkanes) is 1. The second kappa shape index (κ2) is 6.83. The van der Waals surface area contributed by atoms with Crippen molar-refractivity contribution in [2.24, 2.45) is 11.7 Å². The summed E-state index contributed by atoms with van der Waals surface area (Å²) in [6, 6.07) is 0. The third kappa shape index (κ3) is 5.17. The monoisotopic (exact) mass is 213 g/mol. The molecule has 2 N–H and O–H groups in total. The van der Waals surface area contributed by atoms with Gasteiger partial charge in [-0.05, 0) is 51.0 Å². The standard InChI is InChI=1S/C12H23NO2/c1-10-5-7-11(8-6-10)15-12(14)4-2-3-9-13/h10-11H,2-9,13H2,1H3. The largest absolute Gasteiger partial charge is 0.462 e. The van der Waals surface area contributed by atoms with Crippen LogP contribution in [0, 0.1) is 5.92 Å². The van der Waals surface area contributed by atoms with Gasteiger partial charge in [-0.1, -0.05) is 6.92 Å². The van der Waals surface area contributed by atoms with Crippen LogP contribution >= 0.6 is 0 Å². The molecule has 0 spiro atoms. The molecule has 1 rings (SSSR count). The molecule has 0 aromatic rings. The molecule has 3 heteroatoms. The smallest absolute Gasteiger partial charge is 0.306 e. The number of rotatable bonds is 5. The van der Waals surface area contributed by atoms with Crippen molar-refractivity contribution in [1.82, 2.24) is 0 Å². The molecule has 1 fully saturated rings. The molecule has 3 nitrogen and oxygen atoms in total. The highest BCUT2D eigenvalue weighted by molar-refractivity contribution is 5.69. The van der Waals surface area contributed by atoms with Gasteiger partial charge < -0.3 is 10.5 Å². The molecule has 0 radical (unpaired) electrons. The molecule has 1 aliphatic carbocycles. The third-order valence-corrected chi connectivity index (χ3v) is 3.10. The van der Waals surface area contributed by atoms with E-state index in [2.05, 4.69) is 6.92 Å². The van der Waals surface area contributed by atoms with E-state index in [1.54, 1.807) is 0 Å². The Balaban J connectivity index is 2.09. The zero-order chi connectivity index (χ0) is 11.1. The van der Waals surface area contributed by atoms with Gasteiger partial charge in [0.25, 0.3) is 0 Å². The van der Waals surface area contributed by atoms with E-state index in [1.807, 2.05) is 0 Å². The van der Waals surface area contributed by atoms with Gasteiger partial charge in [0.1, 0.15) is 6.10 Å². The first-order chi connectivity index (χ1) is 7.22. The highest BCUT2D eigenvalue weighted by atomic mass is 16.5. The van der Waals surface area contributed by atoms with E-state index < -0.39 is 0 Å². The summed E-state index contributed by atoms with van der Waals surface area (Å²) in [6.45, 7) is 2.92. The van der Waals surface area contributed by atoms with Gasteiger partial charge in [-0.15, -0.1) is 0 Å². The van der Waals surface area contributed by atoms with Crippen molar-refractivity contribution < 1.29 is 9.53 Å². The van der Waals surface area contributed by atoms with Gasteiger partial charge >= 0.3 is 5.97 Å². The Morgan fingerprint density at radius 3 is 2.53 bits per heavy atom. The van der Waals surface area contributed by atoms with E-state index >= 15 is 0 Å². The highest BCUT2D eigenvalue weighted by Crippen LogP contribution is 2.25. The fraction of sp³-hybridized carbons (Fsp3) is 0.917. The zero-order valence-electron chi connectivity index (χ0n) is 9.71. The van der Waals surface area contributed by atoms with Gasteiger partial charge in [-0.25, -0.2) is 0 Å². The van der Waals surface area contributed by atoms with Crippen LogP contribution in [0.5, 0.6) is 0 Å². The quantitative estimate of drug-likeness (QED) is 0.563. The maximum absolute atomic E-state index is 11.4. The van der Waals surface area contributed by atoms with Crippen LogP contribution in [0.1, 0.15) is 51.9 Å². The van der Waals surface area contributed by atoms with E-state index in [9.17, 15) is 4.79 Å². The summed E-state index contributed by atoms with van der Waals surface area (Å²) in [7, 11) is 0. The number of carbonyl (C=O) groups excluding carboxylic acids is 1. The summed E-state index contributed by atoms with van der Waals surface area (Å²) in [5, 5.41) is 0. The number of nitrogens with two attached hydrogens (primary N) is 1. The number of carbonyl (C=O) groups is 1. The summed E-state index contributed by atoms with van der Waals surface area (Å²) in [6.07, 6.45) is 6.97. The lowest BCUT2D eigenvalue weighted by Gasteiger charge is -2.25. The van der Waals surface area contributed by atoms with E-state index in [0.29, 0.717) is 13.0 Å². The fourth-order valence-corrected chi connectivity index (χ4v) is 2.01. The van der Waals surface area contributed by atoms with Gasteiger partial charge in [-0.2, -0.15) is 0 Å². The van der Waals surface area contributed by atoms with Gasteiger partial charge in [0, 0.05) is 6.42 Å². The predicted molar refractivity (Wildman–Crippen MR) is 60.4 cm³/mol. The van der Waals surface area contributed by atoms with Crippen LogP contribution in [0.3, 0.4) is 0 Å². The van der Waals surface area contributed by atoms with Gasteiger partial charge in [0.05, 0.1) is 0 Å². The molecule has 0 aromatic heterocycles. The average Bonchev–Trinajstić information content (AvgIpc) is 2.22. The Hall–Kier alpha value is -0.570. The first-order valence-corrected chi connectivity index (χ1v) is 6.12. The lowest BCUT2D eigenvalue weighted by atomic mass is 9.89. The minimum atomic E-state index is -0.0389. The van der Waals surface area contributed by atoms with Crippen molar-refractivity contribution in [2.45, 2.75) is 58.0 Å². The van der Waals surface area contributed by atoms with Gasteiger partial charge in [-0.3, -0.25) is 4.79 Å². The maximum Gasteiger partial charge on any atom is 0.306 e. The van der Waals surface area contributed by atoms with Crippen molar-refractivity contribution in [3.8, 4) is 0 Å². The Kier molecular flexibility index (Phi) is 5.69. The average molecular weight is 213 g/mol. The third-order valence-electron chi connectivity index (χ3n) is 3.10. The van der Waals surface area contributed by atoms with Crippen LogP contribution in [0.15, 0.2) is 0 Å². The first-order valence-electron chi connectivity index (χ1n) is 6.12. The molecule has 0 saturated heterocycles. The van der Waals surface area contributed by atoms with Gasteiger partial charge in [0.15, 0.2) is 0 Å². The highest BCUT2D eigenvalue weighted by Gasteiger charge is 2.20. The van der Waals surface area contributed by atoms with Gasteiger partial charge in [0.2, 0.25) is 0 Å². The van der Waals surface area contributed by atoms with Crippen molar-refractivity contribution in [3.05, 3.63) is 0 Å². The summed E-state index contributed by atoms with van der Waals surface area (Å²) >= 11 is 0. The molecule has 1 aliphatic rings. The number of hydrogen-bond donors (Lipinski definition) is 1. The Bertz CT molecular complexity index is 186. The number of esters is 1. The number of ether oxygens (including phenoxy) is 1. The fourth-order valence-electron chi connectivity index (χ4n) is 2.01. The second-order valence-electron chi connectivity index (χ2n) is 4.62. The predicted octanol–water partition coefficient (Wildman–Crippen LogP) is 2.24. The summed E-state index contributed by atoms with van der Waals surface area (Å²) in [5.74, 6) is 0.764. The normalized spacial score (nSPS) is 26.3. The van der Waals surface area contributed by atoms with E-state index in [0.717, 1.165) is 31.6 Å². The molecule has 15 heavy (non-hydrogen) atoms. The maximum atomic E-state index is 11.4. The van der Waals surface area contributed by atoms with Crippen LogP contribution in [0.2, 0.25) is 0 Å². The van der Waals surface area contributed by atoms with E-state index in [-0.39, 0.29) is 12.1 Å². The van der Waals surface area contributed by atoms with E-state index in [1.165, 1.54) is 12.8 Å². The molecular formula is C12H23NO2. The molecule has 0 atom stereocenters. The summed E-state index contributed by atoms with van der Waals surface area (Å²) in [5.41, 5.74) is 5.36. The van der Waals surface area contributed by atoms with Crippen LogP contribution < -0.4 is 5.73 Å².